The first-order valence-electron chi connectivity index (χ1n) is 9.08. The van der Waals surface area contributed by atoms with Crippen LogP contribution < -0.4 is 11.1 Å². The predicted octanol–water partition coefficient (Wildman–Crippen LogP) is 1.24. The van der Waals surface area contributed by atoms with Gasteiger partial charge in [-0.15, -0.1) is 12.4 Å². The van der Waals surface area contributed by atoms with Crippen LogP contribution in [0.25, 0.3) is 0 Å². The summed E-state index contributed by atoms with van der Waals surface area (Å²) in [5.74, 6) is 0.233. The van der Waals surface area contributed by atoms with Crippen molar-refractivity contribution in [1.82, 2.24) is 15.1 Å². The van der Waals surface area contributed by atoms with Crippen molar-refractivity contribution in [2.45, 2.75) is 32.9 Å². The number of carbonyl (C=O) groups is 2. The Bertz CT molecular complexity index is 562. The minimum atomic E-state index is -0.425. The van der Waals surface area contributed by atoms with Gasteiger partial charge in [0, 0.05) is 32.7 Å². The summed E-state index contributed by atoms with van der Waals surface area (Å²) in [6.07, 6.45) is 0.897. The Labute approximate surface area is 162 Å². The zero-order valence-corrected chi connectivity index (χ0v) is 16.5. The second-order valence-electron chi connectivity index (χ2n) is 6.78. The lowest BCUT2D eigenvalue weighted by Crippen LogP contribution is -2.55. The number of carbonyl (C=O) groups excluding carboxylic acids is 2. The highest BCUT2D eigenvalue weighted by molar-refractivity contribution is 5.85. The average Bonchev–Trinajstić information content (AvgIpc) is 2.66. The summed E-state index contributed by atoms with van der Waals surface area (Å²) in [6, 6.07) is 9.44. The highest BCUT2D eigenvalue weighted by Gasteiger charge is 2.28. The van der Waals surface area contributed by atoms with Crippen molar-refractivity contribution in [1.29, 1.82) is 0 Å². The van der Waals surface area contributed by atoms with Crippen molar-refractivity contribution in [3.05, 3.63) is 35.9 Å². The van der Waals surface area contributed by atoms with Crippen LogP contribution in [-0.4, -0.2) is 60.4 Å². The zero-order chi connectivity index (χ0) is 18.2. The van der Waals surface area contributed by atoms with Gasteiger partial charge in [-0.1, -0.05) is 50.6 Å². The van der Waals surface area contributed by atoms with E-state index in [4.69, 9.17) is 5.73 Å². The van der Waals surface area contributed by atoms with E-state index in [2.05, 4.69) is 10.2 Å². The molecule has 2 atom stereocenters. The Hall–Kier alpha value is -1.63. The fourth-order valence-corrected chi connectivity index (χ4v) is 2.89. The van der Waals surface area contributed by atoms with Crippen LogP contribution in [-0.2, 0) is 16.1 Å². The number of halogens is 1. The highest BCUT2D eigenvalue weighted by atomic mass is 35.5. The molecule has 1 saturated heterocycles. The first-order chi connectivity index (χ1) is 12.0. The van der Waals surface area contributed by atoms with Gasteiger partial charge in [0.25, 0.3) is 0 Å². The Morgan fingerprint density at radius 1 is 1.15 bits per heavy atom. The fraction of sp³-hybridized carbons (Fsp3) is 0.579. The Morgan fingerprint density at radius 3 is 2.35 bits per heavy atom. The number of hydrogen-bond donors (Lipinski definition) is 2. The molecule has 1 aliphatic heterocycles. The minimum Gasteiger partial charge on any atom is -0.351 e. The van der Waals surface area contributed by atoms with Crippen LogP contribution in [0.1, 0.15) is 25.8 Å². The summed E-state index contributed by atoms with van der Waals surface area (Å²) < 4.78 is 0. The fourth-order valence-electron chi connectivity index (χ4n) is 2.89. The molecule has 146 valence electrons. The molecule has 3 N–H and O–H groups in total. The SMILES string of the molecule is CCC(C)C(N)C(=O)N1CCN(CC(=O)NCc2ccccc2)CC1.Cl. The first-order valence-corrected chi connectivity index (χ1v) is 9.08. The third-order valence-corrected chi connectivity index (χ3v) is 4.93. The molecule has 1 fully saturated rings. The van der Waals surface area contributed by atoms with Crippen LogP contribution in [0.2, 0.25) is 0 Å². The first kappa shape index (κ1) is 22.4. The van der Waals surface area contributed by atoms with Crippen molar-refractivity contribution in [3.8, 4) is 0 Å². The van der Waals surface area contributed by atoms with Gasteiger partial charge < -0.3 is 16.0 Å². The summed E-state index contributed by atoms with van der Waals surface area (Å²) >= 11 is 0. The van der Waals surface area contributed by atoms with E-state index >= 15 is 0 Å². The largest absolute Gasteiger partial charge is 0.351 e. The molecule has 0 bridgehead atoms. The third kappa shape index (κ3) is 6.59. The molecule has 2 unspecified atom stereocenters. The molecule has 1 heterocycles. The highest BCUT2D eigenvalue weighted by Crippen LogP contribution is 2.10. The van der Waals surface area contributed by atoms with E-state index < -0.39 is 6.04 Å². The summed E-state index contributed by atoms with van der Waals surface area (Å²) in [5.41, 5.74) is 7.13. The lowest BCUT2D eigenvalue weighted by molar-refractivity contribution is -0.135. The quantitative estimate of drug-likeness (QED) is 0.743. The van der Waals surface area contributed by atoms with E-state index in [1.807, 2.05) is 49.1 Å². The zero-order valence-electron chi connectivity index (χ0n) is 15.7. The molecule has 2 rings (SSSR count). The monoisotopic (exact) mass is 382 g/mol. The molecule has 0 spiro atoms. The van der Waals surface area contributed by atoms with E-state index in [1.165, 1.54) is 0 Å². The van der Waals surface area contributed by atoms with Gasteiger partial charge >= 0.3 is 0 Å². The van der Waals surface area contributed by atoms with Gasteiger partial charge in [0.15, 0.2) is 0 Å². The van der Waals surface area contributed by atoms with Crippen molar-refractivity contribution in [2.24, 2.45) is 11.7 Å². The second-order valence-corrected chi connectivity index (χ2v) is 6.78. The third-order valence-electron chi connectivity index (χ3n) is 4.93. The van der Waals surface area contributed by atoms with Crippen LogP contribution in [0.5, 0.6) is 0 Å². The molecule has 26 heavy (non-hydrogen) atoms. The van der Waals surface area contributed by atoms with Crippen LogP contribution in [0.3, 0.4) is 0 Å². The lowest BCUT2D eigenvalue weighted by Gasteiger charge is -2.36. The molecule has 6 nitrogen and oxygen atoms in total. The Kier molecular flexibility index (Phi) is 9.62. The van der Waals surface area contributed by atoms with Crippen molar-refractivity contribution in [3.63, 3.8) is 0 Å². The average molecular weight is 383 g/mol. The number of nitrogens with zero attached hydrogens (tertiary/aromatic N) is 2. The molecule has 2 amide bonds. The molecule has 0 aliphatic carbocycles. The van der Waals surface area contributed by atoms with E-state index in [1.54, 1.807) is 0 Å². The van der Waals surface area contributed by atoms with Crippen LogP contribution in [0.15, 0.2) is 30.3 Å². The molecule has 1 aliphatic rings. The van der Waals surface area contributed by atoms with Gasteiger partial charge in [0.2, 0.25) is 11.8 Å². The van der Waals surface area contributed by atoms with E-state index in [-0.39, 0.29) is 30.1 Å². The Morgan fingerprint density at radius 2 is 1.77 bits per heavy atom. The van der Waals surface area contributed by atoms with E-state index in [0.29, 0.717) is 39.3 Å². The van der Waals surface area contributed by atoms with E-state index in [9.17, 15) is 9.59 Å². The van der Waals surface area contributed by atoms with Gasteiger partial charge in [0.05, 0.1) is 12.6 Å². The van der Waals surface area contributed by atoms with Crippen LogP contribution in [0, 0.1) is 5.92 Å². The molecule has 1 aromatic carbocycles. The predicted molar refractivity (Wildman–Crippen MR) is 106 cm³/mol. The maximum absolute atomic E-state index is 12.4. The number of nitrogens with one attached hydrogen (secondary N) is 1. The smallest absolute Gasteiger partial charge is 0.239 e. The van der Waals surface area contributed by atoms with E-state index in [0.717, 1.165) is 12.0 Å². The van der Waals surface area contributed by atoms with Crippen molar-refractivity contribution >= 4 is 24.2 Å². The maximum atomic E-state index is 12.4. The van der Waals surface area contributed by atoms with Gasteiger partial charge in [0.1, 0.15) is 0 Å². The van der Waals surface area contributed by atoms with Crippen molar-refractivity contribution < 1.29 is 9.59 Å². The number of hydrogen-bond acceptors (Lipinski definition) is 4. The summed E-state index contributed by atoms with van der Waals surface area (Å²) in [5, 5.41) is 2.94. The standard InChI is InChI=1S/C19H30N4O2.ClH/c1-3-15(2)18(20)19(25)23-11-9-22(10-12-23)14-17(24)21-13-16-7-5-4-6-8-16;/h4-8,15,18H,3,9-14,20H2,1-2H3,(H,21,24);1H. The number of benzene rings is 1. The van der Waals surface area contributed by atoms with Gasteiger partial charge in [-0.3, -0.25) is 14.5 Å². The molecule has 0 aromatic heterocycles. The molecule has 7 heteroatoms. The second kappa shape index (κ2) is 11.2. The van der Waals surface area contributed by atoms with Gasteiger partial charge in [-0.2, -0.15) is 0 Å². The number of nitrogens with two attached hydrogens (primary N) is 1. The molecule has 1 aromatic rings. The Balaban J connectivity index is 0.00000338. The molecule has 0 saturated carbocycles. The van der Waals surface area contributed by atoms with Crippen LogP contribution >= 0.6 is 12.4 Å². The molecular formula is C19H31ClN4O2. The minimum absolute atomic E-state index is 0. The molecular weight excluding hydrogens is 352 g/mol. The van der Waals surface area contributed by atoms with Gasteiger partial charge in [-0.25, -0.2) is 0 Å². The van der Waals surface area contributed by atoms with Crippen LogP contribution in [0.4, 0.5) is 0 Å². The summed E-state index contributed by atoms with van der Waals surface area (Å²) in [6.45, 7) is 7.65. The number of amides is 2. The number of rotatable bonds is 7. The normalized spacial score (nSPS) is 17.1. The van der Waals surface area contributed by atoms with Crippen molar-refractivity contribution in [2.75, 3.05) is 32.7 Å². The lowest BCUT2D eigenvalue weighted by atomic mass is 9.98. The molecule has 0 radical (unpaired) electrons. The topological polar surface area (TPSA) is 78.7 Å². The van der Waals surface area contributed by atoms with Gasteiger partial charge in [-0.05, 0) is 11.5 Å². The summed E-state index contributed by atoms with van der Waals surface area (Å²) in [7, 11) is 0. The summed E-state index contributed by atoms with van der Waals surface area (Å²) in [4.78, 5) is 28.4. The maximum Gasteiger partial charge on any atom is 0.239 e. The number of piperazine rings is 1.